The molecule has 8 heteroatoms. The Bertz CT molecular complexity index is 1290. The Hall–Kier alpha value is -3.52. The van der Waals surface area contributed by atoms with E-state index in [9.17, 15) is 9.59 Å². The first-order chi connectivity index (χ1) is 14.9. The van der Waals surface area contributed by atoms with E-state index in [1.807, 2.05) is 19.9 Å². The first-order valence-corrected chi connectivity index (χ1v) is 10.6. The first-order valence-electron chi connectivity index (χ1n) is 9.75. The number of ether oxygens (including phenoxy) is 1. The first kappa shape index (κ1) is 20.7. The van der Waals surface area contributed by atoms with Gasteiger partial charge in [0.2, 0.25) is 5.91 Å². The number of nitrogens with one attached hydrogen (secondary N) is 1. The van der Waals surface area contributed by atoms with Gasteiger partial charge in [0.15, 0.2) is 5.65 Å². The molecule has 3 aromatic heterocycles. The van der Waals surface area contributed by atoms with Crippen molar-refractivity contribution in [2.24, 2.45) is 0 Å². The summed E-state index contributed by atoms with van der Waals surface area (Å²) in [5.41, 5.74) is 5.07. The van der Waals surface area contributed by atoms with Crippen LogP contribution in [0.3, 0.4) is 0 Å². The summed E-state index contributed by atoms with van der Waals surface area (Å²) < 4.78 is 6.40. The fraction of sp³-hybridized carbons (Fsp3) is 0.217. The predicted octanol–water partition coefficient (Wildman–Crippen LogP) is 4.51. The van der Waals surface area contributed by atoms with Crippen LogP contribution in [0.2, 0.25) is 0 Å². The Labute approximate surface area is 183 Å². The van der Waals surface area contributed by atoms with Crippen LogP contribution in [0.15, 0.2) is 42.6 Å². The zero-order chi connectivity index (χ0) is 22.1. The van der Waals surface area contributed by atoms with E-state index in [0.717, 1.165) is 27.1 Å². The molecule has 1 N–H and O–H groups in total. The van der Waals surface area contributed by atoms with E-state index in [1.54, 1.807) is 16.9 Å². The number of aryl methyl sites for hydroxylation is 3. The molecule has 0 spiro atoms. The van der Waals surface area contributed by atoms with Gasteiger partial charge in [-0.15, -0.1) is 11.3 Å². The van der Waals surface area contributed by atoms with E-state index in [2.05, 4.69) is 46.6 Å². The summed E-state index contributed by atoms with van der Waals surface area (Å²) in [4.78, 5) is 30.1. The van der Waals surface area contributed by atoms with Crippen molar-refractivity contribution in [1.82, 2.24) is 14.8 Å². The van der Waals surface area contributed by atoms with Crippen molar-refractivity contribution in [2.45, 2.75) is 27.3 Å². The number of hydrogen-bond donors (Lipinski definition) is 1. The molecule has 0 saturated carbocycles. The van der Waals surface area contributed by atoms with Crippen LogP contribution >= 0.6 is 11.3 Å². The summed E-state index contributed by atoms with van der Waals surface area (Å²) in [6.07, 6.45) is 1.73. The summed E-state index contributed by atoms with van der Waals surface area (Å²) >= 11 is 1.33. The normalized spacial score (nSPS) is 11.0. The minimum absolute atomic E-state index is 0.0216. The molecular weight excluding hydrogens is 412 g/mol. The Morgan fingerprint density at radius 2 is 1.87 bits per heavy atom. The number of rotatable bonds is 5. The molecule has 7 nitrogen and oxygen atoms in total. The van der Waals surface area contributed by atoms with Crippen molar-refractivity contribution in [2.75, 3.05) is 12.4 Å². The maximum absolute atomic E-state index is 12.8. The fourth-order valence-electron chi connectivity index (χ4n) is 3.54. The smallest absolute Gasteiger partial charge is 0.340 e. The fourth-order valence-corrected chi connectivity index (χ4v) is 4.45. The third-order valence-corrected chi connectivity index (χ3v) is 5.94. The van der Waals surface area contributed by atoms with Crippen molar-refractivity contribution in [1.29, 1.82) is 0 Å². The van der Waals surface area contributed by atoms with Gasteiger partial charge in [0.1, 0.15) is 11.5 Å². The van der Waals surface area contributed by atoms with Crippen molar-refractivity contribution in [3.05, 3.63) is 64.3 Å². The predicted molar refractivity (Wildman–Crippen MR) is 121 cm³/mol. The van der Waals surface area contributed by atoms with Gasteiger partial charge < -0.3 is 10.1 Å². The molecule has 0 bridgehead atoms. The van der Waals surface area contributed by atoms with E-state index < -0.39 is 5.97 Å². The number of anilines is 1. The largest absolute Gasteiger partial charge is 0.465 e. The highest BCUT2D eigenvalue weighted by Gasteiger charge is 2.19. The maximum atomic E-state index is 12.8. The lowest BCUT2D eigenvalue weighted by Crippen LogP contribution is -2.20. The number of carbonyl (C=O) groups is 2. The third-order valence-electron chi connectivity index (χ3n) is 4.98. The van der Waals surface area contributed by atoms with Crippen LogP contribution < -0.4 is 5.32 Å². The van der Waals surface area contributed by atoms with Crippen molar-refractivity contribution in [3.8, 4) is 11.1 Å². The maximum Gasteiger partial charge on any atom is 0.340 e. The number of esters is 1. The quantitative estimate of drug-likeness (QED) is 0.467. The topological polar surface area (TPSA) is 86.1 Å². The molecule has 1 aromatic carbocycles. The van der Waals surface area contributed by atoms with Crippen LogP contribution in [0.1, 0.15) is 26.5 Å². The average Bonchev–Trinajstić information content (AvgIpc) is 3.27. The summed E-state index contributed by atoms with van der Waals surface area (Å²) in [5, 5.41) is 8.76. The molecule has 0 radical (unpaired) electrons. The number of benzene rings is 1. The number of nitrogens with zero attached hydrogens (tertiary/aromatic N) is 3. The standard InChI is InChI=1S/C23H22N4O3S/c1-13-5-7-16(8-6-13)17-9-10-24-21-20(17)15(3)26-27(21)12-19(28)25-22-18(23(29)30-4)11-14(2)31-22/h5-11H,12H2,1-4H3,(H,25,28). The molecule has 3 heterocycles. The molecule has 0 aliphatic carbocycles. The van der Waals surface area contributed by atoms with E-state index in [4.69, 9.17) is 4.74 Å². The monoisotopic (exact) mass is 434 g/mol. The van der Waals surface area contributed by atoms with Crippen molar-refractivity contribution < 1.29 is 14.3 Å². The highest BCUT2D eigenvalue weighted by Crippen LogP contribution is 2.31. The van der Waals surface area contributed by atoms with Crippen molar-refractivity contribution >= 4 is 39.2 Å². The molecule has 1 amide bonds. The van der Waals surface area contributed by atoms with Gasteiger partial charge in [-0.25, -0.2) is 14.5 Å². The van der Waals surface area contributed by atoms with E-state index in [1.165, 1.54) is 24.0 Å². The van der Waals surface area contributed by atoms with E-state index in [0.29, 0.717) is 16.2 Å². The number of carbonyl (C=O) groups excluding carboxylic acids is 2. The van der Waals surface area contributed by atoms with Gasteiger partial charge in [-0.1, -0.05) is 29.8 Å². The summed E-state index contributed by atoms with van der Waals surface area (Å²) in [5.74, 6) is -0.775. The molecule has 0 saturated heterocycles. The number of aromatic nitrogens is 3. The molecule has 0 unspecified atom stereocenters. The molecule has 4 aromatic rings. The van der Waals surface area contributed by atoms with Gasteiger partial charge in [-0.2, -0.15) is 5.10 Å². The second-order valence-electron chi connectivity index (χ2n) is 7.31. The summed E-state index contributed by atoms with van der Waals surface area (Å²) in [6, 6.07) is 11.9. The SMILES string of the molecule is COC(=O)c1cc(C)sc1NC(=O)Cn1nc(C)c2c(-c3ccc(C)cc3)ccnc21. The lowest BCUT2D eigenvalue weighted by atomic mass is 10.0. The number of fused-ring (bicyclic) bond motifs is 1. The van der Waals surface area contributed by atoms with Gasteiger partial charge in [-0.05, 0) is 44.0 Å². The van der Waals surface area contributed by atoms with E-state index in [-0.39, 0.29) is 12.5 Å². The molecule has 4 rings (SSSR count). The second kappa shape index (κ2) is 8.31. The molecule has 0 atom stereocenters. The molecule has 158 valence electrons. The molecular formula is C23H22N4O3S. The zero-order valence-corrected chi connectivity index (χ0v) is 18.5. The van der Waals surface area contributed by atoms with Gasteiger partial charge >= 0.3 is 5.97 Å². The number of methoxy groups -OCH3 is 1. The minimum Gasteiger partial charge on any atom is -0.465 e. The van der Waals surface area contributed by atoms with Crippen LogP contribution in [-0.4, -0.2) is 33.8 Å². The number of thiophene rings is 1. The number of hydrogen-bond acceptors (Lipinski definition) is 6. The Morgan fingerprint density at radius 1 is 1.13 bits per heavy atom. The molecule has 31 heavy (non-hydrogen) atoms. The summed E-state index contributed by atoms with van der Waals surface area (Å²) in [7, 11) is 1.32. The highest BCUT2D eigenvalue weighted by atomic mass is 32.1. The van der Waals surface area contributed by atoms with Crippen LogP contribution in [0, 0.1) is 20.8 Å². The summed E-state index contributed by atoms with van der Waals surface area (Å²) in [6.45, 7) is 5.81. The average molecular weight is 435 g/mol. The van der Waals surface area contributed by atoms with Crippen LogP contribution in [0.4, 0.5) is 5.00 Å². The van der Waals surface area contributed by atoms with E-state index >= 15 is 0 Å². The Morgan fingerprint density at radius 3 is 2.58 bits per heavy atom. The van der Waals surface area contributed by atoms with Crippen LogP contribution in [0.5, 0.6) is 0 Å². The lowest BCUT2D eigenvalue weighted by Gasteiger charge is -2.07. The number of pyridine rings is 1. The molecule has 0 fully saturated rings. The van der Waals surface area contributed by atoms with Gasteiger partial charge in [0.25, 0.3) is 0 Å². The Balaban J connectivity index is 1.64. The highest BCUT2D eigenvalue weighted by molar-refractivity contribution is 7.16. The molecule has 0 aliphatic rings. The van der Waals surface area contributed by atoms with Gasteiger partial charge in [0, 0.05) is 16.5 Å². The second-order valence-corrected chi connectivity index (χ2v) is 8.56. The number of amides is 1. The Kier molecular flexibility index (Phi) is 5.56. The lowest BCUT2D eigenvalue weighted by molar-refractivity contribution is -0.116. The minimum atomic E-state index is -0.482. The zero-order valence-electron chi connectivity index (χ0n) is 17.7. The van der Waals surface area contributed by atoms with Gasteiger partial charge in [-0.3, -0.25) is 4.79 Å². The van der Waals surface area contributed by atoms with Gasteiger partial charge in [0.05, 0.1) is 18.4 Å². The third kappa shape index (κ3) is 4.06. The van der Waals surface area contributed by atoms with Crippen molar-refractivity contribution in [3.63, 3.8) is 0 Å². The van der Waals surface area contributed by atoms with Crippen LogP contribution in [-0.2, 0) is 16.1 Å². The van der Waals surface area contributed by atoms with Crippen LogP contribution in [0.25, 0.3) is 22.2 Å². The molecule has 0 aliphatic heterocycles.